The lowest BCUT2D eigenvalue weighted by Crippen LogP contribution is -1.97. The molecule has 88 valence electrons. The Balaban J connectivity index is 2.12. The summed E-state index contributed by atoms with van der Waals surface area (Å²) >= 11 is 0. The molecule has 3 rings (SSSR count). The Kier molecular flexibility index (Phi) is 2.26. The van der Waals surface area contributed by atoms with Gasteiger partial charge in [-0.3, -0.25) is 14.7 Å². The molecule has 0 amide bonds. The third-order valence-corrected chi connectivity index (χ3v) is 2.64. The molecule has 0 fully saturated rings. The van der Waals surface area contributed by atoms with Gasteiger partial charge in [-0.05, 0) is 24.3 Å². The molecule has 3 heterocycles. The highest BCUT2D eigenvalue weighted by Crippen LogP contribution is 2.18. The standard InChI is InChI=1S/C12H8N4O2/c17-16(18)10-3-4-11(14-8-10)15-7-5-9-2-1-6-13-12(9)15/h1-8H. The van der Waals surface area contributed by atoms with Crippen molar-refractivity contribution >= 4 is 16.7 Å². The van der Waals surface area contributed by atoms with Gasteiger partial charge in [0.25, 0.3) is 5.69 Å². The maximum absolute atomic E-state index is 10.6. The minimum Gasteiger partial charge on any atom is -0.285 e. The molecule has 0 radical (unpaired) electrons. The van der Waals surface area contributed by atoms with Crippen LogP contribution in [0.15, 0.2) is 48.9 Å². The number of pyridine rings is 2. The van der Waals surface area contributed by atoms with Crippen molar-refractivity contribution < 1.29 is 4.92 Å². The predicted molar refractivity (Wildman–Crippen MR) is 65.5 cm³/mol. The fourth-order valence-electron chi connectivity index (χ4n) is 1.78. The molecular weight excluding hydrogens is 232 g/mol. The zero-order valence-electron chi connectivity index (χ0n) is 9.22. The van der Waals surface area contributed by atoms with Crippen molar-refractivity contribution in [3.63, 3.8) is 0 Å². The van der Waals surface area contributed by atoms with Gasteiger partial charge in [-0.15, -0.1) is 0 Å². The largest absolute Gasteiger partial charge is 0.287 e. The molecule has 0 unspecified atom stereocenters. The van der Waals surface area contributed by atoms with Gasteiger partial charge in [0.1, 0.15) is 17.7 Å². The van der Waals surface area contributed by atoms with Crippen LogP contribution in [-0.2, 0) is 0 Å². The van der Waals surface area contributed by atoms with Crippen LogP contribution >= 0.6 is 0 Å². The quantitative estimate of drug-likeness (QED) is 0.509. The highest BCUT2D eigenvalue weighted by Gasteiger charge is 2.08. The van der Waals surface area contributed by atoms with Crippen molar-refractivity contribution in [2.75, 3.05) is 0 Å². The van der Waals surface area contributed by atoms with Crippen molar-refractivity contribution in [3.05, 3.63) is 59.0 Å². The van der Waals surface area contributed by atoms with Crippen molar-refractivity contribution in [3.8, 4) is 5.82 Å². The van der Waals surface area contributed by atoms with Gasteiger partial charge in [0, 0.05) is 23.8 Å². The van der Waals surface area contributed by atoms with Gasteiger partial charge in [0.2, 0.25) is 0 Å². The molecule has 0 aliphatic heterocycles. The number of nitro groups is 1. The fourth-order valence-corrected chi connectivity index (χ4v) is 1.78. The van der Waals surface area contributed by atoms with E-state index < -0.39 is 4.92 Å². The Morgan fingerprint density at radius 2 is 2.06 bits per heavy atom. The highest BCUT2D eigenvalue weighted by atomic mass is 16.6. The second-order valence-corrected chi connectivity index (χ2v) is 3.73. The molecule has 0 saturated carbocycles. The Hall–Kier alpha value is -2.76. The van der Waals surface area contributed by atoms with Crippen LogP contribution in [0.3, 0.4) is 0 Å². The molecule has 0 aliphatic carbocycles. The second-order valence-electron chi connectivity index (χ2n) is 3.73. The van der Waals surface area contributed by atoms with Gasteiger partial charge >= 0.3 is 0 Å². The average molecular weight is 240 g/mol. The summed E-state index contributed by atoms with van der Waals surface area (Å²) in [5.41, 5.74) is 0.752. The van der Waals surface area contributed by atoms with E-state index in [1.165, 1.54) is 12.3 Å². The van der Waals surface area contributed by atoms with Gasteiger partial charge in [0.05, 0.1) is 4.92 Å². The molecule has 0 atom stereocenters. The van der Waals surface area contributed by atoms with E-state index in [1.807, 2.05) is 24.4 Å². The summed E-state index contributed by atoms with van der Waals surface area (Å²) < 4.78 is 1.79. The summed E-state index contributed by atoms with van der Waals surface area (Å²) in [6, 6.07) is 8.76. The third-order valence-electron chi connectivity index (χ3n) is 2.64. The Labute approximate surface area is 102 Å². The smallest absolute Gasteiger partial charge is 0.285 e. The first-order chi connectivity index (χ1) is 8.75. The van der Waals surface area contributed by atoms with Crippen LogP contribution in [0.1, 0.15) is 0 Å². The molecule has 0 aromatic carbocycles. The average Bonchev–Trinajstić information content (AvgIpc) is 2.82. The summed E-state index contributed by atoms with van der Waals surface area (Å²) in [5, 5.41) is 11.6. The van der Waals surface area contributed by atoms with E-state index in [0.29, 0.717) is 5.82 Å². The second kappa shape index (κ2) is 3.92. The van der Waals surface area contributed by atoms with Crippen molar-refractivity contribution in [1.29, 1.82) is 0 Å². The van der Waals surface area contributed by atoms with Crippen LogP contribution in [0, 0.1) is 10.1 Å². The minimum atomic E-state index is -0.469. The van der Waals surface area contributed by atoms with Gasteiger partial charge in [0.15, 0.2) is 0 Å². The lowest BCUT2D eigenvalue weighted by molar-refractivity contribution is -0.385. The Bertz CT molecular complexity index is 718. The first-order valence-electron chi connectivity index (χ1n) is 5.28. The van der Waals surface area contributed by atoms with Crippen LogP contribution in [0.4, 0.5) is 5.69 Å². The first kappa shape index (κ1) is 10.4. The summed E-state index contributed by atoms with van der Waals surface area (Å²) in [7, 11) is 0. The van der Waals surface area contributed by atoms with Gasteiger partial charge in [-0.25, -0.2) is 9.97 Å². The van der Waals surface area contributed by atoms with E-state index in [4.69, 9.17) is 0 Å². The van der Waals surface area contributed by atoms with Crippen LogP contribution in [-0.4, -0.2) is 19.5 Å². The van der Waals surface area contributed by atoms with Crippen LogP contribution in [0.5, 0.6) is 0 Å². The summed E-state index contributed by atoms with van der Waals surface area (Å²) in [5.74, 6) is 0.606. The maximum atomic E-state index is 10.6. The predicted octanol–water partition coefficient (Wildman–Crippen LogP) is 2.33. The highest BCUT2D eigenvalue weighted by molar-refractivity contribution is 5.77. The molecular formula is C12H8N4O2. The first-order valence-corrected chi connectivity index (χ1v) is 5.28. The van der Waals surface area contributed by atoms with E-state index in [0.717, 1.165) is 11.0 Å². The van der Waals surface area contributed by atoms with Crippen molar-refractivity contribution in [2.24, 2.45) is 0 Å². The molecule has 0 bridgehead atoms. The third kappa shape index (κ3) is 1.60. The molecule has 0 spiro atoms. The van der Waals surface area contributed by atoms with E-state index in [9.17, 15) is 10.1 Å². The lowest BCUT2D eigenvalue weighted by Gasteiger charge is -2.02. The topological polar surface area (TPSA) is 73.8 Å². The molecule has 3 aromatic rings. The molecule has 6 nitrogen and oxygen atoms in total. The Morgan fingerprint density at radius 3 is 2.78 bits per heavy atom. The summed E-state index contributed by atoms with van der Waals surface area (Å²) in [6.45, 7) is 0. The molecule has 0 N–H and O–H groups in total. The molecule has 3 aromatic heterocycles. The summed E-state index contributed by atoms with van der Waals surface area (Å²) in [6.07, 6.45) is 4.78. The SMILES string of the molecule is O=[N+]([O-])c1ccc(-n2ccc3cccnc32)nc1. The normalized spacial score (nSPS) is 10.7. The molecule has 0 aliphatic rings. The van der Waals surface area contributed by atoms with Crippen molar-refractivity contribution in [2.45, 2.75) is 0 Å². The number of aromatic nitrogens is 3. The Morgan fingerprint density at radius 1 is 1.17 bits per heavy atom. The van der Waals surface area contributed by atoms with E-state index in [2.05, 4.69) is 9.97 Å². The summed E-state index contributed by atoms with van der Waals surface area (Å²) in [4.78, 5) is 18.4. The monoisotopic (exact) mass is 240 g/mol. The van der Waals surface area contributed by atoms with Crippen LogP contribution in [0.2, 0.25) is 0 Å². The number of hydrogen-bond donors (Lipinski definition) is 0. The number of rotatable bonds is 2. The number of fused-ring (bicyclic) bond motifs is 1. The van der Waals surface area contributed by atoms with Gasteiger partial charge in [-0.2, -0.15) is 0 Å². The van der Waals surface area contributed by atoms with Crippen LogP contribution in [0.25, 0.3) is 16.9 Å². The van der Waals surface area contributed by atoms with E-state index in [-0.39, 0.29) is 5.69 Å². The van der Waals surface area contributed by atoms with E-state index >= 15 is 0 Å². The zero-order chi connectivity index (χ0) is 12.5. The van der Waals surface area contributed by atoms with Crippen LogP contribution < -0.4 is 0 Å². The lowest BCUT2D eigenvalue weighted by atomic mass is 10.3. The molecule has 18 heavy (non-hydrogen) atoms. The molecule has 0 saturated heterocycles. The number of nitrogens with zero attached hydrogens (tertiary/aromatic N) is 4. The molecule has 6 heteroatoms. The fraction of sp³-hybridized carbons (Fsp3) is 0. The maximum Gasteiger partial charge on any atom is 0.287 e. The number of hydrogen-bond acceptors (Lipinski definition) is 4. The van der Waals surface area contributed by atoms with Gasteiger partial charge < -0.3 is 0 Å². The minimum absolute atomic E-state index is 0.0248. The van der Waals surface area contributed by atoms with E-state index in [1.54, 1.807) is 16.8 Å². The van der Waals surface area contributed by atoms with Gasteiger partial charge in [-0.1, -0.05) is 0 Å². The van der Waals surface area contributed by atoms with Crippen molar-refractivity contribution in [1.82, 2.24) is 14.5 Å². The zero-order valence-corrected chi connectivity index (χ0v) is 9.22.